The second-order valence-electron chi connectivity index (χ2n) is 8.03. The summed E-state index contributed by atoms with van der Waals surface area (Å²) in [6.07, 6.45) is 1.14. The van der Waals surface area contributed by atoms with Gasteiger partial charge in [-0.1, -0.05) is 17.7 Å². The number of hydrogen-bond donors (Lipinski definition) is 2. The number of amides is 1. The van der Waals surface area contributed by atoms with Gasteiger partial charge in [0.2, 0.25) is 0 Å². The Labute approximate surface area is 193 Å². The van der Waals surface area contributed by atoms with Crippen molar-refractivity contribution in [1.82, 2.24) is 15.3 Å². The topological polar surface area (TPSA) is 87.6 Å². The molecule has 0 spiro atoms. The van der Waals surface area contributed by atoms with Gasteiger partial charge in [-0.2, -0.15) is 0 Å². The summed E-state index contributed by atoms with van der Waals surface area (Å²) < 4.78 is 32.5. The highest BCUT2D eigenvalue weighted by molar-refractivity contribution is 6.29. The Bertz CT molecular complexity index is 1240. The molecule has 2 aromatic heterocycles. The number of piperidine rings is 1. The van der Waals surface area contributed by atoms with E-state index >= 15 is 0 Å². The van der Waals surface area contributed by atoms with Crippen molar-refractivity contribution in [3.8, 4) is 11.3 Å². The lowest BCUT2D eigenvalue weighted by Gasteiger charge is -2.43. The molecular formula is C23H19ClF2N4O3. The van der Waals surface area contributed by atoms with Crippen LogP contribution in [0.15, 0.2) is 48.7 Å². The quantitative estimate of drug-likeness (QED) is 0.562. The largest absolute Gasteiger partial charge is 0.443 e. The van der Waals surface area contributed by atoms with E-state index in [1.807, 2.05) is 4.90 Å². The maximum Gasteiger partial charge on any atom is 0.408 e. The van der Waals surface area contributed by atoms with Crippen LogP contribution in [0, 0.1) is 11.6 Å². The molecule has 2 atom stereocenters. The number of carbonyl (C=O) groups is 1. The highest BCUT2D eigenvalue weighted by Gasteiger charge is 2.54. The normalized spacial score (nSPS) is 22.0. The maximum absolute atomic E-state index is 13.7. The van der Waals surface area contributed by atoms with Crippen molar-refractivity contribution in [2.45, 2.75) is 24.7 Å². The van der Waals surface area contributed by atoms with E-state index in [0.29, 0.717) is 52.9 Å². The minimum atomic E-state index is -0.973. The van der Waals surface area contributed by atoms with Crippen molar-refractivity contribution in [1.29, 1.82) is 0 Å². The third-order valence-electron chi connectivity index (χ3n) is 6.09. The Morgan fingerprint density at radius 2 is 2.09 bits per heavy atom. The summed E-state index contributed by atoms with van der Waals surface area (Å²) >= 11 is 6.11. The number of aliphatic hydroxyl groups is 1. The molecule has 0 radical (unpaired) electrons. The third kappa shape index (κ3) is 3.77. The van der Waals surface area contributed by atoms with E-state index in [2.05, 4.69) is 15.3 Å². The molecule has 7 nitrogen and oxygen atoms in total. The van der Waals surface area contributed by atoms with Gasteiger partial charge in [0.1, 0.15) is 16.8 Å². The van der Waals surface area contributed by atoms with Crippen LogP contribution in [0.1, 0.15) is 17.7 Å². The average molecular weight is 473 g/mol. The van der Waals surface area contributed by atoms with Gasteiger partial charge in [0.05, 0.1) is 36.4 Å². The van der Waals surface area contributed by atoms with Gasteiger partial charge in [0.25, 0.3) is 0 Å². The fraction of sp³-hybridized carbons (Fsp3) is 0.261. The fourth-order valence-electron chi connectivity index (χ4n) is 4.51. The van der Waals surface area contributed by atoms with Crippen LogP contribution in [-0.4, -0.2) is 40.4 Å². The summed E-state index contributed by atoms with van der Waals surface area (Å²) in [5.41, 5.74) is 1.66. The average Bonchev–Trinajstić information content (AvgIpc) is 3.16. The first kappa shape index (κ1) is 21.5. The third-order valence-corrected chi connectivity index (χ3v) is 6.30. The van der Waals surface area contributed by atoms with Crippen LogP contribution in [0.25, 0.3) is 11.3 Å². The molecule has 33 heavy (non-hydrogen) atoms. The fourth-order valence-corrected chi connectivity index (χ4v) is 4.67. The molecule has 2 fully saturated rings. The summed E-state index contributed by atoms with van der Waals surface area (Å²) in [4.78, 5) is 23.0. The Balaban J connectivity index is 1.51. The van der Waals surface area contributed by atoms with Crippen molar-refractivity contribution < 1.29 is 23.4 Å². The number of ether oxygens (including phenoxy) is 1. The van der Waals surface area contributed by atoms with Gasteiger partial charge < -0.3 is 20.1 Å². The van der Waals surface area contributed by atoms with Crippen molar-refractivity contribution in [3.05, 3.63) is 76.7 Å². The molecule has 0 saturated carbocycles. The number of anilines is 1. The first-order valence-electron chi connectivity index (χ1n) is 10.3. The predicted octanol–water partition coefficient (Wildman–Crippen LogP) is 3.78. The van der Waals surface area contributed by atoms with Crippen molar-refractivity contribution >= 4 is 23.4 Å². The number of carbonyl (C=O) groups excluding carboxylic acids is 1. The molecule has 170 valence electrons. The SMILES string of the molecule is O=C1NC2(c3cccc(Cl)n3)CN(c3cnc(-c4ccc(F)c(F)c4)cc3CO)CCC2O1. The van der Waals surface area contributed by atoms with E-state index in [9.17, 15) is 18.7 Å². The van der Waals surface area contributed by atoms with E-state index in [4.69, 9.17) is 16.3 Å². The molecule has 3 aromatic rings. The second kappa shape index (κ2) is 8.24. The summed E-state index contributed by atoms with van der Waals surface area (Å²) in [5, 5.41) is 13.3. The highest BCUT2D eigenvalue weighted by Crippen LogP contribution is 2.40. The van der Waals surface area contributed by atoms with E-state index in [0.717, 1.165) is 12.1 Å². The molecule has 2 aliphatic rings. The summed E-state index contributed by atoms with van der Waals surface area (Å²) in [5.74, 6) is -1.92. The molecule has 4 heterocycles. The molecule has 10 heteroatoms. The van der Waals surface area contributed by atoms with E-state index in [-0.39, 0.29) is 6.61 Å². The zero-order valence-electron chi connectivity index (χ0n) is 17.3. The first-order valence-corrected chi connectivity index (χ1v) is 10.7. The number of pyridine rings is 2. The Hall–Kier alpha value is -3.30. The van der Waals surface area contributed by atoms with Crippen LogP contribution in [0.2, 0.25) is 5.15 Å². The molecule has 0 aliphatic carbocycles. The van der Waals surface area contributed by atoms with Gasteiger partial charge >= 0.3 is 6.09 Å². The number of nitrogens with zero attached hydrogens (tertiary/aromatic N) is 3. The van der Waals surface area contributed by atoms with Crippen LogP contribution in [0.5, 0.6) is 0 Å². The molecule has 1 aromatic carbocycles. The number of fused-ring (bicyclic) bond motifs is 1. The van der Waals surface area contributed by atoms with Crippen LogP contribution in [0.3, 0.4) is 0 Å². The number of aliphatic hydroxyl groups excluding tert-OH is 1. The lowest BCUT2D eigenvalue weighted by molar-refractivity contribution is 0.0898. The van der Waals surface area contributed by atoms with E-state index in [1.165, 1.54) is 6.07 Å². The van der Waals surface area contributed by atoms with Gasteiger partial charge in [-0.3, -0.25) is 4.98 Å². The number of nitrogens with one attached hydrogen (secondary N) is 1. The van der Waals surface area contributed by atoms with Crippen LogP contribution < -0.4 is 10.2 Å². The number of hydrogen-bond acceptors (Lipinski definition) is 6. The molecule has 0 bridgehead atoms. The smallest absolute Gasteiger partial charge is 0.408 e. The van der Waals surface area contributed by atoms with Gasteiger partial charge in [0, 0.05) is 24.1 Å². The standard InChI is InChI=1S/C23H19ClF2N4O3/c24-21-3-1-2-19(28-21)23-12-30(7-6-20(23)33-22(32)29-23)18-10-27-17(9-14(18)11-31)13-4-5-15(25)16(26)8-13/h1-5,8-10,20,31H,6-7,11-12H2,(H,29,32). The highest BCUT2D eigenvalue weighted by atomic mass is 35.5. The van der Waals surface area contributed by atoms with Gasteiger partial charge in [-0.25, -0.2) is 18.6 Å². The van der Waals surface area contributed by atoms with Crippen molar-refractivity contribution in [3.63, 3.8) is 0 Å². The molecule has 2 aliphatic heterocycles. The molecule has 2 saturated heterocycles. The number of alkyl carbamates (subject to hydrolysis) is 1. The van der Waals surface area contributed by atoms with E-state index in [1.54, 1.807) is 30.5 Å². The van der Waals surface area contributed by atoms with Crippen LogP contribution in [-0.2, 0) is 16.9 Å². The molecule has 1 amide bonds. The first-order chi connectivity index (χ1) is 15.9. The lowest BCUT2D eigenvalue weighted by Crippen LogP contribution is -2.59. The van der Waals surface area contributed by atoms with Gasteiger partial charge in [-0.15, -0.1) is 0 Å². The predicted molar refractivity (Wildman–Crippen MR) is 117 cm³/mol. The lowest BCUT2D eigenvalue weighted by atomic mass is 9.83. The molecule has 2 N–H and O–H groups in total. The monoisotopic (exact) mass is 472 g/mol. The molecule has 5 rings (SSSR count). The summed E-state index contributed by atoms with van der Waals surface area (Å²) in [7, 11) is 0. The second-order valence-corrected chi connectivity index (χ2v) is 8.42. The summed E-state index contributed by atoms with van der Waals surface area (Å²) in [6, 6.07) is 10.4. The Kier molecular flexibility index (Phi) is 5.38. The molecular weight excluding hydrogens is 454 g/mol. The zero-order chi connectivity index (χ0) is 23.2. The number of rotatable bonds is 4. The van der Waals surface area contributed by atoms with Crippen LogP contribution >= 0.6 is 11.6 Å². The van der Waals surface area contributed by atoms with Gasteiger partial charge in [-0.05, 0) is 36.4 Å². The maximum atomic E-state index is 13.7. The number of halogens is 3. The number of benzene rings is 1. The number of aromatic nitrogens is 2. The minimum absolute atomic E-state index is 0.292. The Morgan fingerprint density at radius 3 is 2.85 bits per heavy atom. The van der Waals surface area contributed by atoms with Crippen LogP contribution in [0.4, 0.5) is 19.3 Å². The molecule has 2 unspecified atom stereocenters. The Morgan fingerprint density at radius 1 is 1.24 bits per heavy atom. The zero-order valence-corrected chi connectivity index (χ0v) is 18.0. The van der Waals surface area contributed by atoms with E-state index < -0.39 is 29.4 Å². The van der Waals surface area contributed by atoms with Gasteiger partial charge in [0.15, 0.2) is 11.6 Å². The van der Waals surface area contributed by atoms with Crippen molar-refractivity contribution in [2.24, 2.45) is 0 Å². The summed E-state index contributed by atoms with van der Waals surface area (Å²) in [6.45, 7) is 0.566. The minimum Gasteiger partial charge on any atom is -0.443 e. The van der Waals surface area contributed by atoms with Crippen molar-refractivity contribution in [2.75, 3.05) is 18.0 Å².